The Hall–Kier alpha value is -0.340. The Morgan fingerprint density at radius 1 is 1.62 bits per heavy atom. The summed E-state index contributed by atoms with van der Waals surface area (Å²) < 4.78 is 5.86. The molecule has 1 heterocycles. The minimum absolute atomic E-state index is 0.0381. The molecule has 76 valence electrons. The second kappa shape index (κ2) is 4.77. The molecular weight excluding hydrogens is 162 g/mol. The summed E-state index contributed by atoms with van der Waals surface area (Å²) in [4.78, 5) is 0. The first kappa shape index (κ1) is 10.7. The van der Waals surface area contributed by atoms with Gasteiger partial charge < -0.3 is 10.1 Å². The predicted molar refractivity (Wildman–Crippen MR) is 55.9 cm³/mol. The lowest BCUT2D eigenvalue weighted by atomic mass is 9.96. The molecule has 0 aromatic carbocycles. The van der Waals surface area contributed by atoms with Crippen LogP contribution >= 0.6 is 0 Å². The molecule has 0 bridgehead atoms. The highest BCUT2D eigenvalue weighted by Crippen LogP contribution is 2.20. The summed E-state index contributed by atoms with van der Waals surface area (Å²) in [5, 5.41) is 3.36. The topological polar surface area (TPSA) is 21.3 Å². The van der Waals surface area contributed by atoms with Crippen LogP contribution in [-0.2, 0) is 4.74 Å². The molecule has 0 spiro atoms. The molecule has 0 aromatic heterocycles. The third-order valence-electron chi connectivity index (χ3n) is 2.68. The van der Waals surface area contributed by atoms with Gasteiger partial charge in [0, 0.05) is 6.54 Å². The van der Waals surface area contributed by atoms with E-state index < -0.39 is 0 Å². The van der Waals surface area contributed by atoms with Gasteiger partial charge in [-0.1, -0.05) is 19.1 Å². The highest BCUT2D eigenvalue weighted by Gasteiger charge is 2.27. The molecule has 0 aliphatic carbocycles. The van der Waals surface area contributed by atoms with E-state index in [-0.39, 0.29) is 5.60 Å². The van der Waals surface area contributed by atoms with Gasteiger partial charge >= 0.3 is 0 Å². The van der Waals surface area contributed by atoms with Crippen molar-refractivity contribution in [2.75, 3.05) is 19.7 Å². The second-order valence-electron chi connectivity index (χ2n) is 4.12. The Labute approximate surface area is 81.4 Å². The van der Waals surface area contributed by atoms with Crippen molar-refractivity contribution in [3.8, 4) is 0 Å². The number of rotatable bonds is 4. The van der Waals surface area contributed by atoms with E-state index in [9.17, 15) is 0 Å². The van der Waals surface area contributed by atoms with Crippen LogP contribution in [0.1, 0.15) is 33.1 Å². The maximum atomic E-state index is 5.86. The minimum Gasteiger partial charge on any atom is -0.370 e. The molecule has 0 radical (unpaired) electrons. The number of hydrogen-bond donors (Lipinski definition) is 1. The van der Waals surface area contributed by atoms with Gasteiger partial charge in [-0.2, -0.15) is 0 Å². The van der Waals surface area contributed by atoms with Crippen molar-refractivity contribution in [3.05, 3.63) is 12.2 Å². The third-order valence-corrected chi connectivity index (χ3v) is 2.68. The van der Waals surface area contributed by atoms with Gasteiger partial charge in [0.15, 0.2) is 0 Å². The van der Waals surface area contributed by atoms with Crippen LogP contribution in [0.4, 0.5) is 0 Å². The average molecular weight is 183 g/mol. The molecule has 1 atom stereocenters. The predicted octanol–water partition coefficient (Wildman–Crippen LogP) is 2.11. The van der Waals surface area contributed by atoms with Gasteiger partial charge in [-0.3, -0.25) is 0 Å². The lowest BCUT2D eigenvalue weighted by Crippen LogP contribution is -2.45. The molecule has 2 nitrogen and oxygen atoms in total. The van der Waals surface area contributed by atoms with Crippen LogP contribution in [0.15, 0.2) is 12.2 Å². The average Bonchev–Trinajstić information content (AvgIpc) is 2.15. The fourth-order valence-electron chi connectivity index (χ4n) is 1.53. The summed E-state index contributed by atoms with van der Waals surface area (Å²) in [7, 11) is 0. The van der Waals surface area contributed by atoms with Crippen molar-refractivity contribution < 1.29 is 4.74 Å². The normalized spacial score (nSPS) is 28.8. The number of ether oxygens (including phenoxy) is 1. The molecule has 1 rings (SSSR count). The van der Waals surface area contributed by atoms with E-state index >= 15 is 0 Å². The molecule has 1 N–H and O–H groups in total. The van der Waals surface area contributed by atoms with Crippen LogP contribution in [0.2, 0.25) is 0 Å². The third kappa shape index (κ3) is 3.49. The van der Waals surface area contributed by atoms with Crippen LogP contribution in [0.5, 0.6) is 0 Å². The molecule has 1 aliphatic heterocycles. The van der Waals surface area contributed by atoms with E-state index in [1.165, 1.54) is 12.0 Å². The van der Waals surface area contributed by atoms with Crippen LogP contribution in [-0.4, -0.2) is 25.3 Å². The first-order chi connectivity index (χ1) is 6.16. The molecule has 0 saturated carbocycles. The molecule has 0 amide bonds. The Morgan fingerprint density at radius 2 is 2.38 bits per heavy atom. The summed E-state index contributed by atoms with van der Waals surface area (Å²) >= 11 is 0. The van der Waals surface area contributed by atoms with E-state index in [4.69, 9.17) is 4.74 Å². The lowest BCUT2D eigenvalue weighted by molar-refractivity contribution is -0.0358. The molecule has 1 saturated heterocycles. The minimum atomic E-state index is 0.0381. The van der Waals surface area contributed by atoms with E-state index in [0.29, 0.717) is 6.61 Å². The molecule has 2 heteroatoms. The van der Waals surface area contributed by atoms with Gasteiger partial charge in [0.1, 0.15) is 0 Å². The van der Waals surface area contributed by atoms with Gasteiger partial charge in [0.2, 0.25) is 0 Å². The Bertz CT molecular complexity index is 171. The highest BCUT2D eigenvalue weighted by atomic mass is 16.5. The first-order valence-corrected chi connectivity index (χ1v) is 5.17. The molecule has 1 unspecified atom stereocenters. The maximum absolute atomic E-state index is 5.86. The zero-order valence-corrected chi connectivity index (χ0v) is 8.86. The molecule has 1 fully saturated rings. The Balaban J connectivity index is 2.28. The Kier molecular flexibility index (Phi) is 3.94. The van der Waals surface area contributed by atoms with E-state index in [0.717, 1.165) is 25.9 Å². The van der Waals surface area contributed by atoms with E-state index in [2.05, 4.69) is 25.7 Å². The van der Waals surface area contributed by atoms with E-state index in [1.54, 1.807) is 0 Å². The van der Waals surface area contributed by atoms with Crippen LogP contribution in [0, 0.1) is 0 Å². The van der Waals surface area contributed by atoms with Crippen LogP contribution in [0.25, 0.3) is 0 Å². The molecule has 0 aromatic rings. The SMILES string of the molecule is C=C(CC)COC1(C)CCCNC1. The van der Waals surface area contributed by atoms with E-state index in [1.807, 2.05) is 0 Å². The van der Waals surface area contributed by atoms with Crippen molar-refractivity contribution in [1.82, 2.24) is 5.32 Å². The van der Waals surface area contributed by atoms with Gasteiger partial charge in [-0.05, 0) is 32.7 Å². The summed E-state index contributed by atoms with van der Waals surface area (Å²) in [5.41, 5.74) is 1.22. The lowest BCUT2D eigenvalue weighted by Gasteiger charge is -2.34. The number of hydrogen-bond acceptors (Lipinski definition) is 2. The monoisotopic (exact) mass is 183 g/mol. The summed E-state index contributed by atoms with van der Waals surface area (Å²) in [6.07, 6.45) is 3.40. The fourth-order valence-corrected chi connectivity index (χ4v) is 1.53. The molecule has 1 aliphatic rings. The standard InChI is InChI=1S/C11H21NO/c1-4-10(2)8-13-11(3)6-5-7-12-9-11/h12H,2,4-9H2,1,3H3. The highest BCUT2D eigenvalue weighted by molar-refractivity contribution is 4.94. The van der Waals surface area contributed by atoms with Crippen molar-refractivity contribution in [3.63, 3.8) is 0 Å². The molecular formula is C11H21NO. The second-order valence-corrected chi connectivity index (χ2v) is 4.12. The van der Waals surface area contributed by atoms with Crippen molar-refractivity contribution in [2.24, 2.45) is 0 Å². The Morgan fingerprint density at radius 3 is 2.92 bits per heavy atom. The summed E-state index contributed by atoms with van der Waals surface area (Å²) in [6, 6.07) is 0. The van der Waals surface area contributed by atoms with Crippen LogP contribution in [0.3, 0.4) is 0 Å². The smallest absolute Gasteiger partial charge is 0.0783 e. The van der Waals surface area contributed by atoms with Gasteiger partial charge in [-0.25, -0.2) is 0 Å². The van der Waals surface area contributed by atoms with Crippen molar-refractivity contribution in [1.29, 1.82) is 0 Å². The number of piperidine rings is 1. The van der Waals surface area contributed by atoms with Crippen molar-refractivity contribution >= 4 is 0 Å². The van der Waals surface area contributed by atoms with Crippen LogP contribution < -0.4 is 5.32 Å². The largest absolute Gasteiger partial charge is 0.370 e. The van der Waals surface area contributed by atoms with Gasteiger partial charge in [0.05, 0.1) is 12.2 Å². The maximum Gasteiger partial charge on any atom is 0.0783 e. The summed E-state index contributed by atoms with van der Waals surface area (Å²) in [6.45, 7) is 11.1. The first-order valence-electron chi connectivity index (χ1n) is 5.17. The number of nitrogens with one attached hydrogen (secondary N) is 1. The summed E-state index contributed by atoms with van der Waals surface area (Å²) in [5.74, 6) is 0. The van der Waals surface area contributed by atoms with Gasteiger partial charge in [-0.15, -0.1) is 0 Å². The zero-order chi connectivity index (χ0) is 9.73. The molecule has 13 heavy (non-hydrogen) atoms. The van der Waals surface area contributed by atoms with Crippen molar-refractivity contribution in [2.45, 2.75) is 38.7 Å². The quantitative estimate of drug-likeness (QED) is 0.674. The van der Waals surface area contributed by atoms with Gasteiger partial charge in [0.25, 0.3) is 0 Å². The zero-order valence-electron chi connectivity index (χ0n) is 8.86. The fraction of sp³-hybridized carbons (Fsp3) is 0.818.